The molecule has 0 aromatic heterocycles. The van der Waals surface area contributed by atoms with Crippen molar-refractivity contribution >= 4 is 18.7 Å². The Kier molecular flexibility index (Phi) is 5.04. The molecular weight excluding hydrogens is 396 g/mol. The molecule has 2 aromatic carbocycles. The van der Waals surface area contributed by atoms with Gasteiger partial charge in [-0.2, -0.15) is 0 Å². The van der Waals surface area contributed by atoms with Gasteiger partial charge in [-0.3, -0.25) is 0 Å². The Morgan fingerprint density at radius 2 is 1.52 bits per heavy atom. The van der Waals surface area contributed by atoms with Crippen LogP contribution in [0.25, 0.3) is 0 Å². The van der Waals surface area contributed by atoms with Crippen LogP contribution < -0.4 is 10.4 Å². The van der Waals surface area contributed by atoms with E-state index >= 15 is 0 Å². The summed E-state index contributed by atoms with van der Waals surface area (Å²) in [5, 5.41) is 2.79. The lowest BCUT2D eigenvalue weighted by Crippen LogP contribution is -2.67. The van der Waals surface area contributed by atoms with Crippen LogP contribution in [0.4, 0.5) is 0 Å². The van der Waals surface area contributed by atoms with Crippen LogP contribution in [0.1, 0.15) is 60.3 Å². The summed E-state index contributed by atoms with van der Waals surface area (Å²) < 4.78 is 13.6. The van der Waals surface area contributed by atoms with Gasteiger partial charge in [-0.25, -0.2) is 0 Å². The van der Waals surface area contributed by atoms with Gasteiger partial charge >= 0.3 is 0 Å². The first-order chi connectivity index (χ1) is 14.7. The molecule has 2 aromatic rings. The zero-order chi connectivity index (χ0) is 21.9. The van der Waals surface area contributed by atoms with E-state index in [-0.39, 0.29) is 16.1 Å². The molecule has 2 aliphatic carbocycles. The fourth-order valence-electron chi connectivity index (χ4n) is 7.23. The van der Waals surface area contributed by atoms with Gasteiger partial charge in [0.2, 0.25) is 0 Å². The molecule has 31 heavy (non-hydrogen) atoms. The van der Waals surface area contributed by atoms with Crippen LogP contribution in [0, 0.1) is 17.3 Å². The minimum atomic E-state index is -2.48. The summed E-state index contributed by atoms with van der Waals surface area (Å²) >= 11 is 0. The third kappa shape index (κ3) is 3.03. The number of hydrogen-bond acceptors (Lipinski definition) is 2. The second-order valence-corrected chi connectivity index (χ2v) is 15.8. The molecule has 3 aliphatic rings. The summed E-state index contributed by atoms with van der Waals surface area (Å²) in [7, 11) is -2.48. The molecule has 0 amide bonds. The maximum atomic E-state index is 7.37. The van der Waals surface area contributed by atoms with E-state index in [1.165, 1.54) is 36.1 Å². The number of ether oxygens (including phenoxy) is 1. The van der Waals surface area contributed by atoms with Gasteiger partial charge in [0.1, 0.15) is 0 Å². The van der Waals surface area contributed by atoms with Crippen molar-refractivity contribution in [3.05, 3.63) is 60.7 Å². The molecule has 5 atom stereocenters. The number of rotatable bonds is 5. The Labute approximate surface area is 189 Å². The highest BCUT2D eigenvalue weighted by molar-refractivity contribution is 6.99. The zero-order valence-electron chi connectivity index (χ0n) is 19.9. The van der Waals surface area contributed by atoms with Gasteiger partial charge in [0.05, 0.1) is 11.7 Å². The van der Waals surface area contributed by atoms with Crippen molar-refractivity contribution < 1.29 is 9.16 Å². The third-order valence-corrected chi connectivity index (χ3v) is 14.2. The molecule has 0 N–H and O–H groups in total. The lowest BCUT2D eigenvalue weighted by atomic mass is 9.59. The molecule has 0 radical (unpaired) electrons. The molecule has 3 fully saturated rings. The molecule has 5 rings (SSSR count). The monoisotopic (exact) mass is 434 g/mol. The van der Waals surface area contributed by atoms with Gasteiger partial charge in [0.15, 0.2) is 0 Å². The fraction of sp³-hybridized carbons (Fsp3) is 0.571. The standard InChI is InChI=1S/C28H38O2Si/c1-26(2,3)31(23-15-8-6-9-16-23,24-17-10-7-11-18-24)29-20-22-14-12-13-21-19-25-28(5,30-25)27(21,22)4/h6-11,15-18,21-22,25H,12-14,19-20H2,1-5H3. The van der Waals surface area contributed by atoms with Crippen molar-refractivity contribution in [1.82, 2.24) is 0 Å². The molecular formula is C28H38O2Si. The first-order valence-electron chi connectivity index (χ1n) is 12.2. The van der Waals surface area contributed by atoms with Crippen LogP contribution in [0.2, 0.25) is 5.04 Å². The van der Waals surface area contributed by atoms with Gasteiger partial charge in [0.25, 0.3) is 8.32 Å². The van der Waals surface area contributed by atoms with Crippen molar-refractivity contribution in [2.45, 2.75) is 77.0 Å². The minimum Gasteiger partial charge on any atom is -0.407 e. The van der Waals surface area contributed by atoms with Crippen molar-refractivity contribution in [2.75, 3.05) is 6.61 Å². The van der Waals surface area contributed by atoms with Gasteiger partial charge in [-0.05, 0) is 53.4 Å². The maximum Gasteiger partial charge on any atom is 0.261 e. The van der Waals surface area contributed by atoms with Crippen molar-refractivity contribution in [3.63, 3.8) is 0 Å². The fourth-order valence-corrected chi connectivity index (χ4v) is 11.8. The summed E-state index contributed by atoms with van der Waals surface area (Å²) in [6, 6.07) is 22.1. The van der Waals surface area contributed by atoms with E-state index in [0.29, 0.717) is 12.0 Å². The third-order valence-electron chi connectivity index (χ3n) is 9.23. The molecule has 1 aliphatic heterocycles. The molecule has 166 valence electrons. The van der Waals surface area contributed by atoms with Gasteiger partial charge in [-0.1, -0.05) is 94.8 Å². The van der Waals surface area contributed by atoms with Crippen molar-refractivity contribution in [1.29, 1.82) is 0 Å². The van der Waals surface area contributed by atoms with Crippen LogP contribution in [0.3, 0.4) is 0 Å². The predicted molar refractivity (Wildman–Crippen MR) is 130 cm³/mol. The SMILES string of the molecule is CC12OC1CC1CCCC(CO[Si](c3ccccc3)(c3ccccc3)C(C)(C)C)C12C. The molecule has 0 bridgehead atoms. The van der Waals surface area contributed by atoms with Crippen LogP contribution >= 0.6 is 0 Å². The highest BCUT2D eigenvalue weighted by Crippen LogP contribution is 2.69. The summed E-state index contributed by atoms with van der Waals surface area (Å²) in [5.41, 5.74) is 0.304. The second kappa shape index (κ2) is 7.30. The van der Waals surface area contributed by atoms with E-state index in [0.717, 1.165) is 12.5 Å². The van der Waals surface area contributed by atoms with E-state index < -0.39 is 8.32 Å². The largest absolute Gasteiger partial charge is 0.407 e. The van der Waals surface area contributed by atoms with E-state index in [9.17, 15) is 0 Å². The Balaban J connectivity index is 1.54. The Morgan fingerprint density at radius 3 is 2.06 bits per heavy atom. The highest BCUT2D eigenvalue weighted by atomic mass is 28.4. The molecule has 1 saturated heterocycles. The summed E-state index contributed by atoms with van der Waals surface area (Å²) in [4.78, 5) is 0. The zero-order valence-corrected chi connectivity index (χ0v) is 20.9. The molecule has 0 spiro atoms. The summed E-state index contributed by atoms with van der Waals surface area (Å²) in [6.45, 7) is 12.9. The van der Waals surface area contributed by atoms with Crippen LogP contribution in [-0.2, 0) is 9.16 Å². The van der Waals surface area contributed by atoms with Gasteiger partial charge < -0.3 is 9.16 Å². The lowest BCUT2D eigenvalue weighted by Gasteiger charge is -2.50. The average Bonchev–Trinajstić information content (AvgIpc) is 3.36. The average molecular weight is 435 g/mol. The normalized spacial score (nSPS) is 34.8. The van der Waals surface area contributed by atoms with Crippen molar-refractivity contribution in [2.24, 2.45) is 17.3 Å². The minimum absolute atomic E-state index is 0.0306. The molecule has 2 nitrogen and oxygen atoms in total. The topological polar surface area (TPSA) is 21.8 Å². The second-order valence-electron chi connectivity index (χ2n) is 11.5. The Morgan fingerprint density at radius 1 is 0.935 bits per heavy atom. The van der Waals surface area contributed by atoms with Crippen molar-refractivity contribution in [3.8, 4) is 0 Å². The van der Waals surface area contributed by atoms with E-state index in [1.54, 1.807) is 0 Å². The quantitative estimate of drug-likeness (QED) is 0.455. The summed E-state index contributed by atoms with van der Waals surface area (Å²) in [5.74, 6) is 1.35. The number of fused-ring (bicyclic) bond motifs is 3. The highest BCUT2D eigenvalue weighted by Gasteiger charge is 2.74. The first-order valence-corrected chi connectivity index (χ1v) is 14.1. The van der Waals surface area contributed by atoms with E-state index in [4.69, 9.17) is 9.16 Å². The number of epoxide rings is 1. The Hall–Kier alpha value is -1.42. The van der Waals surface area contributed by atoms with E-state index in [1.807, 2.05) is 0 Å². The van der Waals surface area contributed by atoms with Crippen LogP contribution in [0.15, 0.2) is 60.7 Å². The summed E-state index contributed by atoms with van der Waals surface area (Å²) in [6.07, 6.45) is 5.69. The maximum absolute atomic E-state index is 7.37. The molecule has 1 heterocycles. The Bertz CT molecular complexity index is 882. The smallest absolute Gasteiger partial charge is 0.261 e. The molecule has 3 heteroatoms. The van der Waals surface area contributed by atoms with E-state index in [2.05, 4.69) is 95.3 Å². The predicted octanol–water partition coefficient (Wildman–Crippen LogP) is 5.55. The first kappa shape index (κ1) is 21.4. The van der Waals surface area contributed by atoms with Crippen LogP contribution in [0.5, 0.6) is 0 Å². The molecule has 2 saturated carbocycles. The lowest BCUT2D eigenvalue weighted by molar-refractivity contribution is -0.0483. The van der Waals surface area contributed by atoms with Gasteiger partial charge in [0, 0.05) is 12.0 Å². The van der Waals surface area contributed by atoms with Gasteiger partial charge in [-0.15, -0.1) is 0 Å². The number of benzene rings is 2. The number of hydrogen-bond donors (Lipinski definition) is 0. The van der Waals surface area contributed by atoms with Crippen LogP contribution in [-0.4, -0.2) is 26.6 Å². The molecule has 5 unspecified atom stereocenters.